The van der Waals surface area contributed by atoms with Crippen LogP contribution in [0.5, 0.6) is 0 Å². The van der Waals surface area contributed by atoms with Gasteiger partial charge in [-0.3, -0.25) is 19.4 Å². The molecule has 0 unspecified atom stereocenters. The number of aryl methyl sites for hydroxylation is 1. The van der Waals surface area contributed by atoms with Crippen LogP contribution in [0.15, 0.2) is 10.9 Å². The molecule has 0 aliphatic rings. The highest BCUT2D eigenvalue weighted by atomic mass is 16.4. The van der Waals surface area contributed by atoms with E-state index in [2.05, 4.69) is 9.84 Å². The van der Waals surface area contributed by atoms with Gasteiger partial charge in [0.1, 0.15) is 5.69 Å². The van der Waals surface area contributed by atoms with E-state index in [0.29, 0.717) is 12.0 Å². The second-order valence-electron chi connectivity index (χ2n) is 2.13. The van der Waals surface area contributed by atoms with Gasteiger partial charge in [-0.25, -0.2) is 0 Å². The number of hydrogen-bond acceptors (Lipinski definition) is 3. The highest BCUT2D eigenvalue weighted by Gasteiger charge is 1.95. The molecular formula is C7H12N2O3. The molecule has 0 amide bonds. The number of nitrogens with zero attached hydrogens (tertiary/aromatic N) is 1. The van der Waals surface area contributed by atoms with Crippen molar-refractivity contribution in [1.29, 1.82) is 0 Å². The third-order valence-electron chi connectivity index (χ3n) is 1.06. The van der Waals surface area contributed by atoms with Gasteiger partial charge in [-0.15, -0.1) is 0 Å². The number of carbonyl (C=O) groups is 1. The summed E-state index contributed by atoms with van der Waals surface area (Å²) >= 11 is 0. The molecule has 1 aromatic heterocycles. The first kappa shape index (κ1) is 10.6. The van der Waals surface area contributed by atoms with Gasteiger partial charge < -0.3 is 4.74 Å². The van der Waals surface area contributed by atoms with Crippen molar-refractivity contribution in [3.8, 4) is 0 Å². The van der Waals surface area contributed by atoms with Gasteiger partial charge in [0, 0.05) is 27.3 Å². The van der Waals surface area contributed by atoms with Gasteiger partial charge in [-0.05, 0) is 0 Å². The van der Waals surface area contributed by atoms with Crippen LogP contribution in [-0.4, -0.2) is 30.3 Å². The molecule has 0 bridgehead atoms. The molecule has 0 saturated heterocycles. The Morgan fingerprint density at radius 1 is 1.58 bits per heavy atom. The molecule has 1 heterocycles. The summed E-state index contributed by atoms with van der Waals surface area (Å²) in [6.07, 6.45) is 0.623. The van der Waals surface area contributed by atoms with E-state index in [-0.39, 0.29) is 5.56 Å². The molecule has 0 aliphatic carbocycles. The van der Waals surface area contributed by atoms with Gasteiger partial charge in [-0.1, -0.05) is 0 Å². The largest absolute Gasteiger partial charge is 0.388 e. The number of carbonyl (C=O) groups excluding carboxylic acids is 1. The minimum Gasteiger partial charge on any atom is -0.388 e. The molecular weight excluding hydrogens is 160 g/mol. The number of rotatable bonds is 1. The molecule has 0 fully saturated rings. The van der Waals surface area contributed by atoms with E-state index >= 15 is 0 Å². The molecule has 1 N–H and O–H groups in total. The zero-order valence-corrected chi connectivity index (χ0v) is 7.33. The van der Waals surface area contributed by atoms with Crippen molar-refractivity contribution in [3.63, 3.8) is 0 Å². The summed E-state index contributed by atoms with van der Waals surface area (Å²) in [5.41, 5.74) is 0.111. The molecule has 68 valence electrons. The minimum atomic E-state index is -0.250. The number of methoxy groups -OCH3 is 1. The van der Waals surface area contributed by atoms with Crippen molar-refractivity contribution in [1.82, 2.24) is 9.78 Å². The molecule has 0 aliphatic heterocycles. The van der Waals surface area contributed by atoms with Crippen molar-refractivity contribution < 1.29 is 9.53 Å². The Labute approximate surface area is 69.9 Å². The number of nitrogens with one attached hydrogen (secondary N) is 1. The normalized spacial score (nSPS) is 8.58. The number of aromatic amines is 1. The van der Waals surface area contributed by atoms with Gasteiger partial charge in [0.2, 0.25) is 0 Å². The fourth-order valence-electron chi connectivity index (χ4n) is 0.606. The van der Waals surface area contributed by atoms with Gasteiger partial charge in [0.05, 0.1) is 0 Å². The Kier molecular flexibility index (Phi) is 4.71. The van der Waals surface area contributed by atoms with Crippen LogP contribution >= 0.6 is 0 Å². The zero-order valence-electron chi connectivity index (χ0n) is 7.33. The van der Waals surface area contributed by atoms with Crippen LogP contribution in [-0.2, 0) is 11.8 Å². The average Bonchev–Trinajstić information content (AvgIpc) is 2.31. The van der Waals surface area contributed by atoms with Crippen LogP contribution in [0.3, 0.4) is 0 Å². The van der Waals surface area contributed by atoms with Crippen molar-refractivity contribution >= 4 is 6.29 Å². The van der Waals surface area contributed by atoms with E-state index in [1.54, 1.807) is 21.3 Å². The highest BCUT2D eigenvalue weighted by Crippen LogP contribution is 1.82. The molecule has 12 heavy (non-hydrogen) atoms. The molecule has 0 aromatic carbocycles. The molecule has 0 atom stereocenters. The second kappa shape index (κ2) is 5.31. The number of aromatic nitrogens is 2. The first-order chi connectivity index (χ1) is 5.65. The standard InChI is InChI=1S/C5H6N2O2.C2H6O/c1-7-4(3-8)2-5(9)6-7;1-3-2/h2-3H,1H3,(H,6,9);1-2H3. The maximum atomic E-state index is 10.4. The maximum Gasteiger partial charge on any atom is 0.264 e. The topological polar surface area (TPSA) is 64.1 Å². The van der Waals surface area contributed by atoms with Crippen LogP contribution in [0.2, 0.25) is 0 Å². The molecule has 5 heteroatoms. The summed E-state index contributed by atoms with van der Waals surface area (Å²) in [4.78, 5) is 20.5. The maximum absolute atomic E-state index is 10.4. The molecule has 0 radical (unpaired) electrons. The first-order valence-corrected chi connectivity index (χ1v) is 3.27. The minimum absolute atomic E-state index is 0.250. The molecule has 1 rings (SSSR count). The lowest BCUT2D eigenvalue weighted by molar-refractivity contribution is 0.111. The van der Waals surface area contributed by atoms with Crippen LogP contribution in [0.4, 0.5) is 0 Å². The predicted molar refractivity (Wildman–Crippen MR) is 44.4 cm³/mol. The summed E-state index contributed by atoms with van der Waals surface area (Å²) in [7, 11) is 4.85. The smallest absolute Gasteiger partial charge is 0.264 e. The Morgan fingerprint density at radius 2 is 2.08 bits per heavy atom. The summed E-state index contributed by atoms with van der Waals surface area (Å²) in [6, 6.07) is 1.24. The number of aldehydes is 1. The quantitative estimate of drug-likeness (QED) is 0.596. The Morgan fingerprint density at radius 3 is 2.25 bits per heavy atom. The number of hydrogen-bond donors (Lipinski definition) is 1. The van der Waals surface area contributed by atoms with Crippen molar-refractivity contribution in [2.24, 2.45) is 7.05 Å². The Balaban J connectivity index is 0.000000354. The summed E-state index contributed by atoms with van der Waals surface area (Å²) in [5, 5.41) is 2.39. The zero-order chi connectivity index (χ0) is 9.56. The summed E-state index contributed by atoms with van der Waals surface area (Å²) < 4.78 is 5.62. The van der Waals surface area contributed by atoms with Crippen molar-refractivity contribution in [3.05, 3.63) is 22.1 Å². The van der Waals surface area contributed by atoms with Crippen molar-refractivity contribution in [2.75, 3.05) is 14.2 Å². The number of H-pyrrole nitrogens is 1. The number of ether oxygens (including phenoxy) is 1. The second-order valence-corrected chi connectivity index (χ2v) is 2.13. The third-order valence-corrected chi connectivity index (χ3v) is 1.06. The predicted octanol–water partition coefficient (Wildman–Crippen LogP) is -0.211. The lowest BCUT2D eigenvalue weighted by atomic mass is 10.5. The van der Waals surface area contributed by atoms with E-state index in [0.717, 1.165) is 0 Å². The lowest BCUT2D eigenvalue weighted by Gasteiger charge is -1.88. The molecule has 5 nitrogen and oxygen atoms in total. The highest BCUT2D eigenvalue weighted by molar-refractivity contribution is 5.71. The van der Waals surface area contributed by atoms with Gasteiger partial charge in [-0.2, -0.15) is 0 Å². The van der Waals surface area contributed by atoms with Gasteiger partial charge in [0.25, 0.3) is 5.56 Å². The Hall–Kier alpha value is -1.36. The van der Waals surface area contributed by atoms with E-state index in [1.807, 2.05) is 0 Å². The van der Waals surface area contributed by atoms with Gasteiger partial charge in [0.15, 0.2) is 6.29 Å². The van der Waals surface area contributed by atoms with E-state index in [1.165, 1.54) is 10.7 Å². The van der Waals surface area contributed by atoms with E-state index in [9.17, 15) is 9.59 Å². The summed E-state index contributed by atoms with van der Waals surface area (Å²) in [6.45, 7) is 0. The van der Waals surface area contributed by atoms with E-state index in [4.69, 9.17) is 0 Å². The molecule has 0 spiro atoms. The Bertz CT molecular complexity index is 287. The van der Waals surface area contributed by atoms with Crippen molar-refractivity contribution in [2.45, 2.75) is 0 Å². The molecule has 1 aromatic rings. The van der Waals surface area contributed by atoms with Crippen LogP contribution in [0.1, 0.15) is 10.5 Å². The van der Waals surface area contributed by atoms with Gasteiger partial charge >= 0.3 is 0 Å². The van der Waals surface area contributed by atoms with Crippen LogP contribution in [0, 0.1) is 0 Å². The molecule has 0 saturated carbocycles. The van der Waals surface area contributed by atoms with Crippen LogP contribution < -0.4 is 5.56 Å². The third kappa shape index (κ3) is 3.16. The lowest BCUT2D eigenvalue weighted by Crippen LogP contribution is -2.01. The average molecular weight is 172 g/mol. The fraction of sp³-hybridized carbons (Fsp3) is 0.429. The first-order valence-electron chi connectivity index (χ1n) is 3.27. The summed E-state index contributed by atoms with van der Waals surface area (Å²) in [5.74, 6) is 0. The fourth-order valence-corrected chi connectivity index (χ4v) is 0.606. The van der Waals surface area contributed by atoms with Crippen LogP contribution in [0.25, 0.3) is 0 Å². The van der Waals surface area contributed by atoms with E-state index < -0.39 is 0 Å². The SMILES string of the molecule is COC.Cn1[nH]c(=O)cc1C=O. The monoisotopic (exact) mass is 172 g/mol.